The van der Waals surface area contributed by atoms with E-state index in [1.807, 2.05) is 13.8 Å². The van der Waals surface area contributed by atoms with Gasteiger partial charge >= 0.3 is 5.97 Å². The van der Waals surface area contributed by atoms with Gasteiger partial charge < -0.3 is 9.84 Å². The second-order valence-corrected chi connectivity index (χ2v) is 3.33. The van der Waals surface area contributed by atoms with Crippen molar-refractivity contribution in [2.75, 3.05) is 6.61 Å². The molecule has 1 rings (SSSR count). The van der Waals surface area contributed by atoms with Crippen molar-refractivity contribution in [3.63, 3.8) is 0 Å². The maximum absolute atomic E-state index is 11.1. The van der Waals surface area contributed by atoms with Crippen LogP contribution in [0.15, 0.2) is 0 Å². The molecular weight excluding hydrogens is 144 g/mol. The first-order chi connectivity index (χ1) is 5.15. The highest BCUT2D eigenvalue weighted by Gasteiger charge is 2.35. The van der Waals surface area contributed by atoms with Gasteiger partial charge in [0.2, 0.25) is 0 Å². The summed E-state index contributed by atoms with van der Waals surface area (Å²) in [5.41, 5.74) is 0. The van der Waals surface area contributed by atoms with Crippen LogP contribution in [0.3, 0.4) is 0 Å². The normalized spacial score (nSPS) is 31.1. The van der Waals surface area contributed by atoms with Crippen LogP contribution >= 0.6 is 0 Å². The molecule has 0 spiro atoms. The molecule has 0 saturated carbocycles. The zero-order valence-electron chi connectivity index (χ0n) is 6.91. The van der Waals surface area contributed by atoms with Crippen molar-refractivity contribution in [3.05, 3.63) is 0 Å². The summed E-state index contributed by atoms with van der Waals surface area (Å²) in [6, 6.07) is 0. The predicted molar refractivity (Wildman–Crippen MR) is 39.9 cm³/mol. The molecule has 1 aliphatic heterocycles. The van der Waals surface area contributed by atoms with Crippen molar-refractivity contribution < 1.29 is 14.6 Å². The van der Waals surface area contributed by atoms with E-state index in [0.717, 1.165) is 0 Å². The van der Waals surface area contributed by atoms with Crippen molar-refractivity contribution in [1.82, 2.24) is 0 Å². The van der Waals surface area contributed by atoms with Crippen LogP contribution in [0.4, 0.5) is 0 Å². The molecule has 1 fully saturated rings. The van der Waals surface area contributed by atoms with Gasteiger partial charge in [-0.25, -0.2) is 0 Å². The SMILES string of the molecule is CC(C)[C@H]1CC(CO)OC1=O. The molecule has 2 atom stereocenters. The van der Waals surface area contributed by atoms with Crippen LogP contribution in [0, 0.1) is 11.8 Å². The molecular formula is C8H14O3. The van der Waals surface area contributed by atoms with Crippen LogP contribution < -0.4 is 0 Å². The Kier molecular flexibility index (Phi) is 2.49. The summed E-state index contributed by atoms with van der Waals surface area (Å²) < 4.78 is 4.90. The fourth-order valence-corrected chi connectivity index (χ4v) is 1.34. The number of hydrogen-bond donors (Lipinski definition) is 1. The average Bonchev–Trinajstić information content (AvgIpc) is 2.30. The molecule has 11 heavy (non-hydrogen) atoms. The van der Waals surface area contributed by atoms with Crippen molar-refractivity contribution in [3.8, 4) is 0 Å². The Morgan fingerprint density at radius 1 is 1.73 bits per heavy atom. The molecule has 1 saturated heterocycles. The molecule has 1 unspecified atom stereocenters. The quantitative estimate of drug-likeness (QED) is 0.597. The lowest BCUT2D eigenvalue weighted by molar-refractivity contribution is -0.146. The molecule has 0 aliphatic carbocycles. The van der Waals surface area contributed by atoms with E-state index >= 15 is 0 Å². The van der Waals surface area contributed by atoms with E-state index in [4.69, 9.17) is 9.84 Å². The lowest BCUT2D eigenvalue weighted by Gasteiger charge is -2.07. The van der Waals surface area contributed by atoms with Gasteiger partial charge in [0.15, 0.2) is 0 Å². The number of rotatable bonds is 2. The van der Waals surface area contributed by atoms with Crippen molar-refractivity contribution in [2.24, 2.45) is 11.8 Å². The van der Waals surface area contributed by atoms with E-state index in [1.165, 1.54) is 0 Å². The van der Waals surface area contributed by atoms with Gasteiger partial charge in [0.25, 0.3) is 0 Å². The zero-order chi connectivity index (χ0) is 8.43. The Labute approximate surface area is 66.4 Å². The monoisotopic (exact) mass is 158 g/mol. The van der Waals surface area contributed by atoms with Crippen LogP contribution in [0.25, 0.3) is 0 Å². The third-order valence-corrected chi connectivity index (χ3v) is 2.11. The van der Waals surface area contributed by atoms with E-state index in [-0.39, 0.29) is 24.6 Å². The molecule has 1 N–H and O–H groups in total. The predicted octanol–water partition coefficient (Wildman–Crippen LogP) is 0.566. The first kappa shape index (κ1) is 8.53. The summed E-state index contributed by atoms with van der Waals surface area (Å²) in [5.74, 6) is 0.158. The second-order valence-electron chi connectivity index (χ2n) is 3.33. The van der Waals surface area contributed by atoms with Crippen molar-refractivity contribution >= 4 is 5.97 Å². The zero-order valence-corrected chi connectivity index (χ0v) is 6.91. The summed E-state index contributed by atoms with van der Waals surface area (Å²) in [5, 5.41) is 8.71. The third-order valence-electron chi connectivity index (χ3n) is 2.11. The number of carbonyl (C=O) groups is 1. The number of aliphatic hydroxyl groups is 1. The van der Waals surface area contributed by atoms with E-state index in [9.17, 15) is 4.79 Å². The molecule has 3 heteroatoms. The average molecular weight is 158 g/mol. The van der Waals surface area contributed by atoms with Gasteiger partial charge in [-0.2, -0.15) is 0 Å². The van der Waals surface area contributed by atoms with Crippen LogP contribution in [0.2, 0.25) is 0 Å². The van der Waals surface area contributed by atoms with E-state index in [0.29, 0.717) is 12.3 Å². The smallest absolute Gasteiger partial charge is 0.309 e. The van der Waals surface area contributed by atoms with E-state index in [2.05, 4.69) is 0 Å². The molecule has 0 amide bonds. The van der Waals surface area contributed by atoms with Gasteiger partial charge in [0.1, 0.15) is 6.10 Å². The fraction of sp³-hybridized carbons (Fsp3) is 0.875. The number of hydrogen-bond acceptors (Lipinski definition) is 3. The molecule has 64 valence electrons. The van der Waals surface area contributed by atoms with Crippen LogP contribution in [-0.2, 0) is 9.53 Å². The summed E-state index contributed by atoms with van der Waals surface area (Å²) in [6.07, 6.45) is 0.419. The Morgan fingerprint density at radius 2 is 2.36 bits per heavy atom. The fourth-order valence-electron chi connectivity index (χ4n) is 1.34. The number of aliphatic hydroxyl groups excluding tert-OH is 1. The highest BCUT2D eigenvalue weighted by Crippen LogP contribution is 2.26. The summed E-state index contributed by atoms with van der Waals surface area (Å²) in [6.45, 7) is 3.94. The Bertz CT molecular complexity index is 153. The maximum atomic E-state index is 11.1. The topological polar surface area (TPSA) is 46.5 Å². The van der Waals surface area contributed by atoms with Gasteiger partial charge in [0.05, 0.1) is 12.5 Å². The summed E-state index contributed by atoms with van der Waals surface area (Å²) in [4.78, 5) is 11.1. The molecule has 1 aliphatic rings. The van der Waals surface area contributed by atoms with Crippen LogP contribution in [-0.4, -0.2) is 23.8 Å². The number of carbonyl (C=O) groups excluding carboxylic acids is 1. The number of ether oxygens (including phenoxy) is 1. The van der Waals surface area contributed by atoms with E-state index in [1.54, 1.807) is 0 Å². The van der Waals surface area contributed by atoms with Crippen molar-refractivity contribution in [2.45, 2.75) is 26.4 Å². The highest BCUT2D eigenvalue weighted by molar-refractivity contribution is 5.74. The first-order valence-electron chi connectivity index (χ1n) is 3.96. The van der Waals surface area contributed by atoms with Gasteiger partial charge in [-0.3, -0.25) is 4.79 Å². The minimum Gasteiger partial charge on any atom is -0.460 e. The summed E-state index contributed by atoms with van der Waals surface area (Å²) >= 11 is 0. The molecule has 0 aromatic carbocycles. The molecule has 0 bridgehead atoms. The Morgan fingerprint density at radius 3 is 2.64 bits per heavy atom. The Balaban J connectivity index is 2.52. The highest BCUT2D eigenvalue weighted by atomic mass is 16.6. The Hall–Kier alpha value is -0.570. The molecule has 3 nitrogen and oxygen atoms in total. The molecule has 0 aromatic heterocycles. The lowest BCUT2D eigenvalue weighted by Crippen LogP contribution is -2.13. The third kappa shape index (κ3) is 1.71. The van der Waals surface area contributed by atoms with E-state index < -0.39 is 0 Å². The largest absolute Gasteiger partial charge is 0.460 e. The van der Waals surface area contributed by atoms with Crippen LogP contribution in [0.5, 0.6) is 0 Å². The lowest BCUT2D eigenvalue weighted by atomic mass is 9.93. The number of cyclic esters (lactones) is 1. The molecule has 1 heterocycles. The minimum absolute atomic E-state index is 0.00727. The molecule has 0 radical (unpaired) electrons. The molecule has 0 aromatic rings. The maximum Gasteiger partial charge on any atom is 0.309 e. The summed E-state index contributed by atoms with van der Waals surface area (Å²) in [7, 11) is 0. The van der Waals surface area contributed by atoms with Gasteiger partial charge in [-0.15, -0.1) is 0 Å². The van der Waals surface area contributed by atoms with Gasteiger partial charge in [0, 0.05) is 6.42 Å². The van der Waals surface area contributed by atoms with Crippen LogP contribution in [0.1, 0.15) is 20.3 Å². The standard InChI is InChI=1S/C8H14O3/c1-5(2)7-3-6(4-9)11-8(7)10/h5-7,9H,3-4H2,1-2H3/t6?,7-/m1/s1. The minimum atomic E-state index is -0.255. The number of esters is 1. The first-order valence-corrected chi connectivity index (χ1v) is 3.96. The van der Waals surface area contributed by atoms with Gasteiger partial charge in [-0.05, 0) is 5.92 Å². The van der Waals surface area contributed by atoms with Gasteiger partial charge in [-0.1, -0.05) is 13.8 Å². The van der Waals surface area contributed by atoms with Crippen molar-refractivity contribution in [1.29, 1.82) is 0 Å². The second kappa shape index (κ2) is 3.22.